The van der Waals surface area contributed by atoms with E-state index in [0.717, 1.165) is 0 Å². The highest BCUT2D eigenvalue weighted by molar-refractivity contribution is 7.80. The maximum absolute atomic E-state index is 12.0. The van der Waals surface area contributed by atoms with Crippen molar-refractivity contribution in [3.63, 3.8) is 0 Å². The van der Waals surface area contributed by atoms with E-state index in [1.807, 2.05) is 0 Å². The van der Waals surface area contributed by atoms with E-state index in [0.29, 0.717) is 0 Å². The van der Waals surface area contributed by atoms with Crippen LogP contribution in [0.2, 0.25) is 0 Å². The van der Waals surface area contributed by atoms with Crippen molar-refractivity contribution in [1.82, 2.24) is 9.80 Å². The van der Waals surface area contributed by atoms with Crippen LogP contribution in [0, 0.1) is 5.41 Å². The largest absolute Gasteiger partial charge is 0.395 e. The zero-order chi connectivity index (χ0) is 13.2. The zero-order valence-corrected chi connectivity index (χ0v) is 10.7. The Morgan fingerprint density at radius 2 is 1.41 bits per heavy atom. The minimum absolute atomic E-state index is 0.0439. The summed E-state index contributed by atoms with van der Waals surface area (Å²) in [5.74, 6) is -0.841. The molecule has 0 saturated carbocycles. The summed E-state index contributed by atoms with van der Waals surface area (Å²) in [6.45, 7) is 2.65. The van der Waals surface area contributed by atoms with Gasteiger partial charge in [-0.15, -0.1) is 0 Å². The topological polar surface area (TPSA) is 81.1 Å². The molecule has 1 aliphatic rings. The predicted molar refractivity (Wildman–Crippen MR) is 64.0 cm³/mol. The van der Waals surface area contributed by atoms with Crippen LogP contribution in [0.5, 0.6) is 0 Å². The average Bonchev–Trinajstić information content (AvgIpc) is 2.29. The summed E-state index contributed by atoms with van der Waals surface area (Å²) < 4.78 is 0. The molecule has 17 heavy (non-hydrogen) atoms. The SMILES string of the molecule is CC1(C)C(=O)N(CCO)C(=S)N(CCO)C1=O. The van der Waals surface area contributed by atoms with Gasteiger partial charge in [-0.3, -0.25) is 19.4 Å². The number of carbonyl (C=O) groups is 2. The number of amides is 2. The molecule has 0 bridgehead atoms. The number of aliphatic hydroxyl groups is 2. The molecule has 2 amide bonds. The van der Waals surface area contributed by atoms with Gasteiger partial charge < -0.3 is 10.2 Å². The molecule has 0 aromatic heterocycles. The normalized spacial score (nSPS) is 20.1. The van der Waals surface area contributed by atoms with Gasteiger partial charge in [0.05, 0.1) is 26.3 Å². The Morgan fingerprint density at radius 3 is 1.71 bits per heavy atom. The molecule has 1 heterocycles. The summed E-state index contributed by atoms with van der Waals surface area (Å²) in [6, 6.07) is 0. The van der Waals surface area contributed by atoms with E-state index in [2.05, 4.69) is 0 Å². The molecule has 1 saturated heterocycles. The first kappa shape index (κ1) is 14.0. The molecule has 1 rings (SSSR count). The van der Waals surface area contributed by atoms with Crippen molar-refractivity contribution in [3.05, 3.63) is 0 Å². The molecule has 0 aliphatic carbocycles. The highest BCUT2D eigenvalue weighted by Crippen LogP contribution is 2.28. The Labute approximate surface area is 105 Å². The molecule has 1 aliphatic heterocycles. The zero-order valence-electron chi connectivity index (χ0n) is 9.84. The van der Waals surface area contributed by atoms with Gasteiger partial charge in [0.15, 0.2) is 5.11 Å². The van der Waals surface area contributed by atoms with Crippen molar-refractivity contribution in [2.24, 2.45) is 5.41 Å². The first-order chi connectivity index (χ1) is 7.87. The fourth-order valence-electron chi connectivity index (χ4n) is 1.68. The van der Waals surface area contributed by atoms with Gasteiger partial charge in [0.25, 0.3) is 0 Å². The fraction of sp³-hybridized carbons (Fsp3) is 0.700. The van der Waals surface area contributed by atoms with E-state index < -0.39 is 17.2 Å². The van der Waals surface area contributed by atoms with Crippen LogP contribution in [0.4, 0.5) is 0 Å². The Morgan fingerprint density at radius 1 is 1.06 bits per heavy atom. The third kappa shape index (κ3) is 2.31. The number of rotatable bonds is 4. The van der Waals surface area contributed by atoms with Gasteiger partial charge in [-0.05, 0) is 26.1 Å². The standard InChI is InChI=1S/C10H16N2O4S/c1-10(2)7(15)11(3-5-13)9(17)12(4-6-14)8(10)16/h13-14H,3-6H2,1-2H3. The lowest BCUT2D eigenvalue weighted by Gasteiger charge is -2.42. The van der Waals surface area contributed by atoms with Crippen molar-refractivity contribution in [2.75, 3.05) is 26.3 Å². The number of carbonyl (C=O) groups excluding carboxylic acids is 2. The number of hydrogen-bond donors (Lipinski definition) is 2. The second-order valence-corrected chi connectivity index (χ2v) is 4.63. The van der Waals surface area contributed by atoms with Crippen LogP contribution in [0.15, 0.2) is 0 Å². The molecule has 7 heteroatoms. The Hall–Kier alpha value is -1.05. The molecule has 1 fully saturated rings. The first-order valence-corrected chi connectivity index (χ1v) is 5.68. The van der Waals surface area contributed by atoms with E-state index >= 15 is 0 Å². The third-order valence-corrected chi connectivity index (χ3v) is 3.11. The van der Waals surface area contributed by atoms with Crippen LogP contribution in [0.3, 0.4) is 0 Å². The van der Waals surface area contributed by atoms with Gasteiger partial charge in [0.2, 0.25) is 11.8 Å². The predicted octanol–water partition coefficient (Wildman–Crippen LogP) is -1.05. The summed E-state index contributed by atoms with van der Waals surface area (Å²) in [5, 5.41) is 17.8. The van der Waals surface area contributed by atoms with Crippen LogP contribution in [0.25, 0.3) is 0 Å². The Bertz CT molecular complexity index is 326. The Kier molecular flexibility index (Phi) is 4.18. The van der Waals surface area contributed by atoms with E-state index in [1.165, 1.54) is 23.6 Å². The lowest BCUT2D eigenvalue weighted by molar-refractivity contribution is -0.154. The van der Waals surface area contributed by atoms with Crippen LogP contribution >= 0.6 is 12.2 Å². The average molecular weight is 260 g/mol. The molecule has 0 unspecified atom stereocenters. The summed E-state index contributed by atoms with van der Waals surface area (Å²) in [7, 11) is 0. The third-order valence-electron chi connectivity index (χ3n) is 2.67. The summed E-state index contributed by atoms with van der Waals surface area (Å²) in [5.41, 5.74) is -1.22. The molecule has 0 aromatic carbocycles. The van der Waals surface area contributed by atoms with Gasteiger partial charge >= 0.3 is 0 Å². The van der Waals surface area contributed by atoms with Gasteiger partial charge in [0, 0.05) is 0 Å². The van der Waals surface area contributed by atoms with E-state index in [4.69, 9.17) is 22.4 Å². The molecule has 0 atom stereocenters. The highest BCUT2D eigenvalue weighted by atomic mass is 32.1. The van der Waals surface area contributed by atoms with E-state index in [9.17, 15) is 9.59 Å². The molecule has 0 spiro atoms. The maximum Gasteiger partial charge on any atom is 0.243 e. The van der Waals surface area contributed by atoms with E-state index in [1.54, 1.807) is 0 Å². The molecule has 0 radical (unpaired) electrons. The quantitative estimate of drug-likeness (QED) is 0.498. The second kappa shape index (κ2) is 5.07. The lowest BCUT2D eigenvalue weighted by Crippen LogP contribution is -2.64. The van der Waals surface area contributed by atoms with Gasteiger partial charge in [0.1, 0.15) is 5.41 Å². The number of hydrogen-bond acceptors (Lipinski definition) is 5. The summed E-state index contributed by atoms with van der Waals surface area (Å²) in [4.78, 5) is 26.5. The second-order valence-electron chi connectivity index (χ2n) is 4.27. The monoisotopic (exact) mass is 260 g/mol. The minimum Gasteiger partial charge on any atom is -0.395 e. The summed E-state index contributed by atoms with van der Waals surface area (Å²) in [6.07, 6.45) is 0. The van der Waals surface area contributed by atoms with Gasteiger partial charge in [-0.2, -0.15) is 0 Å². The number of β-amino-alcohol motifs (C(OH)–C–C–N with tert-alkyl or cyclic N) is 2. The first-order valence-electron chi connectivity index (χ1n) is 5.27. The van der Waals surface area contributed by atoms with Gasteiger partial charge in [-0.25, -0.2) is 0 Å². The smallest absolute Gasteiger partial charge is 0.243 e. The van der Waals surface area contributed by atoms with Crippen molar-refractivity contribution in [2.45, 2.75) is 13.8 Å². The number of nitrogens with zero attached hydrogens (tertiary/aromatic N) is 2. The molecule has 0 aromatic rings. The maximum atomic E-state index is 12.0. The lowest BCUT2D eigenvalue weighted by atomic mass is 9.88. The Balaban J connectivity index is 3.08. The van der Waals surface area contributed by atoms with Crippen LogP contribution in [0.1, 0.15) is 13.8 Å². The molecular formula is C10H16N2O4S. The van der Waals surface area contributed by atoms with Crippen LogP contribution < -0.4 is 0 Å². The van der Waals surface area contributed by atoms with Crippen molar-refractivity contribution in [3.8, 4) is 0 Å². The van der Waals surface area contributed by atoms with Crippen LogP contribution in [-0.2, 0) is 9.59 Å². The van der Waals surface area contributed by atoms with Crippen molar-refractivity contribution in [1.29, 1.82) is 0 Å². The summed E-state index contributed by atoms with van der Waals surface area (Å²) >= 11 is 5.02. The van der Waals surface area contributed by atoms with Crippen molar-refractivity contribution >= 4 is 29.1 Å². The highest BCUT2D eigenvalue weighted by Gasteiger charge is 2.49. The number of aliphatic hydroxyl groups excluding tert-OH is 2. The number of thiocarbonyl (C=S) groups is 1. The molecule has 96 valence electrons. The van der Waals surface area contributed by atoms with Crippen molar-refractivity contribution < 1.29 is 19.8 Å². The van der Waals surface area contributed by atoms with E-state index in [-0.39, 0.29) is 31.4 Å². The molecule has 6 nitrogen and oxygen atoms in total. The minimum atomic E-state index is -1.22. The molecule has 2 N–H and O–H groups in total. The fourth-order valence-corrected chi connectivity index (χ4v) is 2.03. The molecular weight excluding hydrogens is 244 g/mol. The van der Waals surface area contributed by atoms with Gasteiger partial charge in [-0.1, -0.05) is 0 Å². The van der Waals surface area contributed by atoms with Crippen LogP contribution in [-0.4, -0.2) is 63.2 Å².